The third kappa shape index (κ3) is 2.39. The second kappa shape index (κ2) is 5.28. The molecule has 1 aliphatic carbocycles. The first-order valence-corrected chi connectivity index (χ1v) is 7.74. The van der Waals surface area contributed by atoms with Crippen LogP contribution in [0.25, 0.3) is 10.9 Å². The Bertz CT molecular complexity index is 670. The number of aromatic amines is 1. The molecule has 2 aliphatic rings. The molecule has 0 saturated carbocycles. The molecular weight excluding hydrogens is 264 g/mol. The number of ether oxygens (including phenoxy) is 1. The van der Waals surface area contributed by atoms with Crippen LogP contribution < -0.4 is 0 Å². The molecule has 1 fully saturated rings. The second-order valence-corrected chi connectivity index (χ2v) is 6.13. The maximum absolute atomic E-state index is 12.5. The average molecular weight is 284 g/mol. The molecule has 0 spiro atoms. The first-order valence-electron chi connectivity index (χ1n) is 7.74. The summed E-state index contributed by atoms with van der Waals surface area (Å²) in [5.74, 6) is 0.725. The molecule has 1 aromatic carbocycles. The fourth-order valence-corrected chi connectivity index (χ4v) is 3.67. The Morgan fingerprint density at radius 1 is 1.19 bits per heavy atom. The van der Waals surface area contributed by atoms with E-state index in [1.807, 2.05) is 18.2 Å². The van der Waals surface area contributed by atoms with E-state index in [-0.39, 0.29) is 0 Å². The minimum absolute atomic E-state index is 0.298. The predicted molar refractivity (Wildman–Crippen MR) is 81.7 cm³/mol. The number of carbonyl (C=O) groups excluding carboxylic acids is 1. The van der Waals surface area contributed by atoms with Crippen molar-refractivity contribution >= 4 is 16.7 Å². The highest BCUT2D eigenvalue weighted by molar-refractivity contribution is 6.10. The van der Waals surface area contributed by atoms with E-state index in [0.717, 1.165) is 61.4 Å². The highest BCUT2D eigenvalue weighted by Crippen LogP contribution is 2.31. The maximum atomic E-state index is 12.5. The van der Waals surface area contributed by atoms with Crippen LogP contribution in [0.5, 0.6) is 0 Å². The third-order valence-electron chi connectivity index (χ3n) is 4.65. The number of ketones is 1. The molecule has 2 heterocycles. The van der Waals surface area contributed by atoms with Crippen molar-refractivity contribution in [1.82, 2.24) is 9.88 Å². The lowest BCUT2D eigenvalue weighted by atomic mass is 9.85. The molecule has 4 heteroatoms. The van der Waals surface area contributed by atoms with Crippen LogP contribution in [0.15, 0.2) is 24.3 Å². The first kappa shape index (κ1) is 13.0. The molecule has 1 unspecified atom stereocenters. The highest BCUT2D eigenvalue weighted by atomic mass is 16.5. The van der Waals surface area contributed by atoms with E-state index in [2.05, 4.69) is 16.0 Å². The molecular formula is C17H20N2O2. The number of Topliss-reactive ketones (excluding diaryl/α,β-unsaturated/α-hetero) is 1. The lowest BCUT2D eigenvalue weighted by Gasteiger charge is -2.31. The number of benzene rings is 1. The lowest BCUT2D eigenvalue weighted by molar-refractivity contribution is 0.0296. The van der Waals surface area contributed by atoms with E-state index in [0.29, 0.717) is 18.1 Å². The summed E-state index contributed by atoms with van der Waals surface area (Å²) in [7, 11) is 0. The summed E-state index contributed by atoms with van der Waals surface area (Å²) in [4.78, 5) is 18.4. The van der Waals surface area contributed by atoms with Gasteiger partial charge in [-0.25, -0.2) is 0 Å². The van der Waals surface area contributed by atoms with E-state index >= 15 is 0 Å². The summed E-state index contributed by atoms with van der Waals surface area (Å²) in [6, 6.07) is 8.12. The number of hydrogen-bond acceptors (Lipinski definition) is 3. The standard InChI is InChI=1S/C17H20N2O2/c20-16-10-12(11-19-5-7-21-8-6-19)9-15-17(16)13-3-1-2-4-14(13)18-15/h1-4,12,18H,5-11H2. The largest absolute Gasteiger partial charge is 0.379 e. The van der Waals surface area contributed by atoms with Gasteiger partial charge in [0.15, 0.2) is 5.78 Å². The Hall–Kier alpha value is -1.65. The van der Waals surface area contributed by atoms with Gasteiger partial charge in [-0.05, 0) is 18.4 Å². The Morgan fingerprint density at radius 2 is 2.00 bits per heavy atom. The molecule has 2 aromatic rings. The number of rotatable bonds is 2. The zero-order valence-electron chi connectivity index (χ0n) is 12.1. The molecule has 110 valence electrons. The maximum Gasteiger partial charge on any atom is 0.165 e. The number of morpholine rings is 1. The quantitative estimate of drug-likeness (QED) is 0.920. The third-order valence-corrected chi connectivity index (χ3v) is 4.65. The van der Waals surface area contributed by atoms with Gasteiger partial charge >= 0.3 is 0 Å². The number of nitrogens with zero attached hydrogens (tertiary/aromatic N) is 1. The number of fused-ring (bicyclic) bond motifs is 3. The van der Waals surface area contributed by atoms with Gasteiger partial charge in [0.2, 0.25) is 0 Å². The van der Waals surface area contributed by atoms with E-state index in [9.17, 15) is 4.79 Å². The van der Waals surface area contributed by atoms with Crippen LogP contribution in [0.4, 0.5) is 0 Å². The van der Waals surface area contributed by atoms with Crippen LogP contribution in [-0.2, 0) is 11.2 Å². The van der Waals surface area contributed by atoms with Crippen LogP contribution in [0.2, 0.25) is 0 Å². The summed E-state index contributed by atoms with van der Waals surface area (Å²) in [5, 5.41) is 1.09. The van der Waals surface area contributed by atoms with Crippen LogP contribution in [0, 0.1) is 5.92 Å². The van der Waals surface area contributed by atoms with Gasteiger partial charge in [0, 0.05) is 48.2 Å². The van der Waals surface area contributed by atoms with Crippen molar-refractivity contribution in [2.45, 2.75) is 12.8 Å². The first-order chi connectivity index (χ1) is 10.3. The van der Waals surface area contributed by atoms with Crippen LogP contribution in [0.1, 0.15) is 22.5 Å². The van der Waals surface area contributed by atoms with Crippen molar-refractivity contribution in [3.05, 3.63) is 35.5 Å². The topological polar surface area (TPSA) is 45.3 Å². The zero-order chi connectivity index (χ0) is 14.2. The minimum atomic E-state index is 0.298. The summed E-state index contributed by atoms with van der Waals surface area (Å²) in [5.41, 5.74) is 3.15. The summed E-state index contributed by atoms with van der Waals surface area (Å²) in [6.45, 7) is 4.62. The fourth-order valence-electron chi connectivity index (χ4n) is 3.67. The van der Waals surface area contributed by atoms with Gasteiger partial charge in [-0.15, -0.1) is 0 Å². The SMILES string of the molecule is O=C1CC(CN2CCOCC2)Cc2[nH]c3ccccc3c21. The van der Waals surface area contributed by atoms with Gasteiger partial charge in [-0.2, -0.15) is 0 Å². The van der Waals surface area contributed by atoms with Crippen LogP contribution in [0.3, 0.4) is 0 Å². The Balaban J connectivity index is 1.58. The predicted octanol–water partition coefficient (Wildman–Crippen LogP) is 2.25. The van der Waals surface area contributed by atoms with E-state index in [4.69, 9.17) is 4.74 Å². The average Bonchev–Trinajstić information content (AvgIpc) is 2.87. The minimum Gasteiger partial charge on any atom is -0.379 e. The van der Waals surface area contributed by atoms with Gasteiger partial charge in [-0.3, -0.25) is 9.69 Å². The smallest absolute Gasteiger partial charge is 0.165 e. The molecule has 1 aromatic heterocycles. The lowest BCUT2D eigenvalue weighted by Crippen LogP contribution is -2.41. The number of carbonyl (C=O) groups is 1. The monoisotopic (exact) mass is 284 g/mol. The van der Waals surface area contributed by atoms with Crippen molar-refractivity contribution in [3.8, 4) is 0 Å². The van der Waals surface area contributed by atoms with Gasteiger partial charge < -0.3 is 9.72 Å². The number of nitrogens with one attached hydrogen (secondary N) is 1. The molecule has 4 rings (SSSR count). The van der Waals surface area contributed by atoms with Crippen molar-refractivity contribution in [1.29, 1.82) is 0 Å². The molecule has 0 radical (unpaired) electrons. The summed E-state index contributed by atoms with van der Waals surface area (Å²) >= 11 is 0. The molecule has 1 atom stereocenters. The molecule has 21 heavy (non-hydrogen) atoms. The number of hydrogen-bond donors (Lipinski definition) is 1. The van der Waals surface area contributed by atoms with E-state index in [1.165, 1.54) is 0 Å². The van der Waals surface area contributed by atoms with Crippen molar-refractivity contribution in [2.24, 2.45) is 5.92 Å². The fraction of sp³-hybridized carbons (Fsp3) is 0.471. The van der Waals surface area contributed by atoms with Crippen molar-refractivity contribution in [3.63, 3.8) is 0 Å². The van der Waals surface area contributed by atoms with Gasteiger partial charge in [0.05, 0.1) is 13.2 Å². The zero-order valence-corrected chi connectivity index (χ0v) is 12.1. The summed E-state index contributed by atoms with van der Waals surface area (Å²) < 4.78 is 5.39. The Labute approximate surface area is 124 Å². The van der Waals surface area contributed by atoms with Crippen molar-refractivity contribution in [2.75, 3.05) is 32.8 Å². The van der Waals surface area contributed by atoms with E-state index < -0.39 is 0 Å². The number of aromatic nitrogens is 1. The molecule has 4 nitrogen and oxygen atoms in total. The van der Waals surface area contributed by atoms with Crippen LogP contribution in [-0.4, -0.2) is 48.5 Å². The Kier molecular flexibility index (Phi) is 3.28. The van der Waals surface area contributed by atoms with Crippen LogP contribution >= 0.6 is 0 Å². The second-order valence-electron chi connectivity index (χ2n) is 6.13. The van der Waals surface area contributed by atoms with Gasteiger partial charge in [0.1, 0.15) is 0 Å². The molecule has 1 saturated heterocycles. The van der Waals surface area contributed by atoms with E-state index in [1.54, 1.807) is 0 Å². The molecule has 0 bridgehead atoms. The summed E-state index contributed by atoms with van der Waals surface area (Å²) in [6.07, 6.45) is 1.65. The molecule has 1 aliphatic heterocycles. The van der Waals surface area contributed by atoms with Gasteiger partial charge in [0.25, 0.3) is 0 Å². The molecule has 0 amide bonds. The number of H-pyrrole nitrogens is 1. The van der Waals surface area contributed by atoms with Gasteiger partial charge in [-0.1, -0.05) is 18.2 Å². The van der Waals surface area contributed by atoms with Crippen molar-refractivity contribution < 1.29 is 9.53 Å². The normalized spacial score (nSPS) is 23.4. The highest BCUT2D eigenvalue weighted by Gasteiger charge is 2.29. The Morgan fingerprint density at radius 3 is 2.86 bits per heavy atom. The number of para-hydroxylation sites is 1. The molecule has 1 N–H and O–H groups in total.